The van der Waals surface area contributed by atoms with Gasteiger partial charge in [0.2, 0.25) is 0 Å². The smallest absolute Gasteiger partial charge is 0.251 e. The number of hydrogen-bond acceptors (Lipinski definition) is 1. The third-order valence-corrected chi connectivity index (χ3v) is 4.10. The van der Waals surface area contributed by atoms with Crippen LogP contribution in [0.2, 0.25) is 5.02 Å². The molecule has 0 unspecified atom stereocenters. The summed E-state index contributed by atoms with van der Waals surface area (Å²) in [4.78, 5) is 12.0. The number of nitrogens with one attached hydrogen (secondary N) is 1. The Kier molecular flexibility index (Phi) is 9.86. The SMILES string of the molecule is CCCC.CCc1cccc(C(=O)NCCc2ccccc2Cl)c1. The monoisotopic (exact) mass is 345 g/mol. The summed E-state index contributed by atoms with van der Waals surface area (Å²) in [5.41, 5.74) is 2.93. The van der Waals surface area contributed by atoms with Crippen LogP contribution in [0.1, 0.15) is 55.1 Å². The predicted molar refractivity (Wildman–Crippen MR) is 104 cm³/mol. The van der Waals surface area contributed by atoms with E-state index in [1.807, 2.05) is 48.5 Å². The topological polar surface area (TPSA) is 29.1 Å². The van der Waals surface area contributed by atoms with E-state index in [9.17, 15) is 4.79 Å². The Bertz CT molecular complexity index is 623. The Labute approximate surface area is 151 Å². The molecule has 0 radical (unpaired) electrons. The predicted octanol–water partition coefficient (Wildman–Crippen LogP) is 5.68. The molecular formula is C21H28ClNO. The molecule has 3 heteroatoms. The van der Waals surface area contributed by atoms with E-state index in [-0.39, 0.29) is 5.91 Å². The molecule has 2 rings (SSSR count). The molecule has 0 aliphatic heterocycles. The zero-order chi connectivity index (χ0) is 17.8. The highest BCUT2D eigenvalue weighted by molar-refractivity contribution is 6.31. The van der Waals surface area contributed by atoms with Gasteiger partial charge in [-0.15, -0.1) is 0 Å². The van der Waals surface area contributed by atoms with Crippen LogP contribution in [0.3, 0.4) is 0 Å². The summed E-state index contributed by atoms with van der Waals surface area (Å²) in [6, 6.07) is 15.4. The molecule has 0 aromatic heterocycles. The lowest BCUT2D eigenvalue weighted by atomic mass is 10.1. The lowest BCUT2D eigenvalue weighted by molar-refractivity contribution is 0.0954. The molecule has 0 spiro atoms. The number of rotatable bonds is 6. The fourth-order valence-corrected chi connectivity index (χ4v) is 2.28. The minimum Gasteiger partial charge on any atom is -0.352 e. The molecule has 0 aliphatic rings. The van der Waals surface area contributed by atoms with Crippen LogP contribution in [0.4, 0.5) is 0 Å². The van der Waals surface area contributed by atoms with Gasteiger partial charge >= 0.3 is 0 Å². The normalized spacial score (nSPS) is 9.83. The maximum Gasteiger partial charge on any atom is 0.251 e. The Balaban J connectivity index is 0.000000648. The molecule has 1 amide bonds. The van der Waals surface area contributed by atoms with E-state index >= 15 is 0 Å². The molecule has 0 fully saturated rings. The highest BCUT2D eigenvalue weighted by atomic mass is 35.5. The molecule has 0 saturated carbocycles. The van der Waals surface area contributed by atoms with E-state index in [4.69, 9.17) is 11.6 Å². The van der Waals surface area contributed by atoms with Gasteiger partial charge < -0.3 is 5.32 Å². The van der Waals surface area contributed by atoms with Crippen molar-refractivity contribution in [2.45, 2.75) is 46.5 Å². The highest BCUT2D eigenvalue weighted by Crippen LogP contribution is 2.15. The van der Waals surface area contributed by atoms with Gasteiger partial charge in [0.1, 0.15) is 0 Å². The first kappa shape index (κ1) is 20.2. The van der Waals surface area contributed by atoms with Gasteiger partial charge in [-0.3, -0.25) is 4.79 Å². The van der Waals surface area contributed by atoms with Gasteiger partial charge in [0.15, 0.2) is 0 Å². The Morgan fingerprint density at radius 1 is 1.00 bits per heavy atom. The van der Waals surface area contributed by atoms with Gasteiger partial charge in [-0.25, -0.2) is 0 Å². The van der Waals surface area contributed by atoms with Crippen LogP contribution in [-0.4, -0.2) is 12.5 Å². The van der Waals surface area contributed by atoms with E-state index < -0.39 is 0 Å². The number of unbranched alkanes of at least 4 members (excludes halogenated alkanes) is 1. The third kappa shape index (κ3) is 7.18. The summed E-state index contributed by atoms with van der Waals surface area (Å²) >= 11 is 6.08. The maximum atomic E-state index is 12.0. The minimum atomic E-state index is -0.0349. The van der Waals surface area contributed by atoms with Crippen molar-refractivity contribution >= 4 is 17.5 Å². The number of benzene rings is 2. The van der Waals surface area contributed by atoms with Gasteiger partial charge in [-0.05, 0) is 42.2 Å². The summed E-state index contributed by atoms with van der Waals surface area (Å²) in [6.45, 7) is 7.02. The number of halogens is 1. The number of carbonyl (C=O) groups is 1. The molecule has 2 aromatic carbocycles. The first-order valence-corrected chi connectivity index (χ1v) is 9.10. The molecule has 2 nitrogen and oxygen atoms in total. The van der Waals surface area contributed by atoms with Crippen LogP contribution < -0.4 is 5.32 Å². The number of carbonyl (C=O) groups excluding carboxylic acids is 1. The van der Waals surface area contributed by atoms with Gasteiger partial charge in [-0.2, -0.15) is 0 Å². The molecule has 130 valence electrons. The summed E-state index contributed by atoms with van der Waals surface area (Å²) < 4.78 is 0. The first-order valence-electron chi connectivity index (χ1n) is 8.72. The lowest BCUT2D eigenvalue weighted by Gasteiger charge is -2.07. The van der Waals surface area contributed by atoms with Gasteiger partial charge in [-0.1, -0.05) is 75.5 Å². The average molecular weight is 346 g/mol. The second-order valence-corrected chi connectivity index (χ2v) is 6.06. The van der Waals surface area contributed by atoms with Crippen molar-refractivity contribution in [3.8, 4) is 0 Å². The molecule has 2 aromatic rings. The van der Waals surface area contributed by atoms with Crippen LogP contribution in [0, 0.1) is 0 Å². The summed E-state index contributed by atoms with van der Waals surface area (Å²) in [5, 5.41) is 3.67. The van der Waals surface area contributed by atoms with Crippen molar-refractivity contribution in [3.05, 3.63) is 70.2 Å². The van der Waals surface area contributed by atoms with Crippen molar-refractivity contribution in [2.24, 2.45) is 0 Å². The van der Waals surface area contributed by atoms with Crippen molar-refractivity contribution in [3.63, 3.8) is 0 Å². The highest BCUT2D eigenvalue weighted by Gasteiger charge is 2.06. The molecule has 0 bridgehead atoms. The number of aryl methyl sites for hydroxylation is 1. The van der Waals surface area contributed by atoms with E-state index in [1.165, 1.54) is 18.4 Å². The minimum absolute atomic E-state index is 0.0349. The first-order chi connectivity index (χ1) is 11.6. The summed E-state index contributed by atoms with van der Waals surface area (Å²) in [7, 11) is 0. The zero-order valence-corrected chi connectivity index (χ0v) is 15.7. The second kappa shape index (κ2) is 11.7. The molecule has 24 heavy (non-hydrogen) atoms. The fraction of sp³-hybridized carbons (Fsp3) is 0.381. The average Bonchev–Trinajstić information content (AvgIpc) is 2.63. The van der Waals surface area contributed by atoms with Crippen LogP contribution in [0.5, 0.6) is 0 Å². The molecular weight excluding hydrogens is 318 g/mol. The quantitative estimate of drug-likeness (QED) is 0.716. The van der Waals surface area contributed by atoms with Crippen molar-refractivity contribution < 1.29 is 4.79 Å². The summed E-state index contributed by atoms with van der Waals surface area (Å²) in [5.74, 6) is -0.0349. The van der Waals surface area contributed by atoms with Crippen molar-refractivity contribution in [1.29, 1.82) is 0 Å². The molecule has 0 heterocycles. The van der Waals surface area contributed by atoms with Crippen LogP contribution in [0.15, 0.2) is 48.5 Å². The Morgan fingerprint density at radius 3 is 2.33 bits per heavy atom. The second-order valence-electron chi connectivity index (χ2n) is 5.65. The van der Waals surface area contributed by atoms with E-state index in [0.717, 1.165) is 23.4 Å². The van der Waals surface area contributed by atoms with E-state index in [2.05, 4.69) is 26.1 Å². The fourth-order valence-electron chi connectivity index (χ4n) is 2.05. The van der Waals surface area contributed by atoms with Crippen molar-refractivity contribution in [2.75, 3.05) is 6.54 Å². The Morgan fingerprint density at radius 2 is 1.71 bits per heavy atom. The maximum absolute atomic E-state index is 12.0. The number of amides is 1. The Hall–Kier alpha value is -1.80. The van der Waals surface area contributed by atoms with Gasteiger partial charge in [0.25, 0.3) is 5.91 Å². The standard InChI is InChI=1S/C17H18ClNO.C4H10/c1-2-13-6-5-8-15(12-13)17(20)19-11-10-14-7-3-4-9-16(14)18;1-3-4-2/h3-9,12H,2,10-11H2,1H3,(H,19,20);3-4H2,1-2H3. The van der Waals surface area contributed by atoms with Gasteiger partial charge in [0, 0.05) is 17.1 Å². The lowest BCUT2D eigenvalue weighted by Crippen LogP contribution is -2.25. The van der Waals surface area contributed by atoms with E-state index in [1.54, 1.807) is 0 Å². The molecule has 1 N–H and O–H groups in total. The van der Waals surface area contributed by atoms with Gasteiger partial charge in [0.05, 0.1) is 0 Å². The van der Waals surface area contributed by atoms with Crippen LogP contribution >= 0.6 is 11.6 Å². The zero-order valence-electron chi connectivity index (χ0n) is 14.9. The van der Waals surface area contributed by atoms with E-state index in [0.29, 0.717) is 12.1 Å². The largest absolute Gasteiger partial charge is 0.352 e. The van der Waals surface area contributed by atoms with Crippen LogP contribution in [-0.2, 0) is 12.8 Å². The molecule has 0 aliphatic carbocycles. The van der Waals surface area contributed by atoms with Crippen LogP contribution in [0.25, 0.3) is 0 Å². The van der Waals surface area contributed by atoms with Crippen molar-refractivity contribution in [1.82, 2.24) is 5.32 Å². The number of hydrogen-bond donors (Lipinski definition) is 1. The molecule has 0 saturated heterocycles. The summed E-state index contributed by atoms with van der Waals surface area (Å²) in [6.07, 6.45) is 4.31. The third-order valence-electron chi connectivity index (χ3n) is 3.74. The molecule has 0 atom stereocenters.